The van der Waals surface area contributed by atoms with Gasteiger partial charge in [-0.25, -0.2) is 0 Å². The van der Waals surface area contributed by atoms with E-state index in [1.807, 2.05) is 6.92 Å². The standard InChI is InChI=1S/C20H28N4O3/c1-6-7-24-12(2)14(19-15(24)9-20(4,5)10-16(19)25)8-18(26)21-11-17-22-13(3)27-23-17/h6-11H2,1-5H3,(H,21,26). The quantitative estimate of drug-likeness (QED) is 0.842. The molecule has 146 valence electrons. The van der Waals surface area contributed by atoms with Gasteiger partial charge in [0.1, 0.15) is 0 Å². The average Bonchev–Trinajstić information content (AvgIpc) is 3.09. The maximum Gasteiger partial charge on any atom is 0.224 e. The Kier molecular flexibility index (Phi) is 5.22. The van der Waals surface area contributed by atoms with Crippen LogP contribution >= 0.6 is 0 Å². The number of Topliss-reactive ketones (excluding diaryl/α,β-unsaturated/α-hetero) is 1. The zero-order chi connectivity index (χ0) is 19.8. The monoisotopic (exact) mass is 372 g/mol. The van der Waals surface area contributed by atoms with Gasteiger partial charge in [0.25, 0.3) is 0 Å². The molecule has 1 N–H and O–H groups in total. The zero-order valence-electron chi connectivity index (χ0n) is 16.8. The van der Waals surface area contributed by atoms with Gasteiger partial charge in [-0.2, -0.15) is 4.98 Å². The van der Waals surface area contributed by atoms with Gasteiger partial charge < -0.3 is 14.4 Å². The predicted molar refractivity (Wildman–Crippen MR) is 100 cm³/mol. The van der Waals surface area contributed by atoms with Crippen molar-refractivity contribution in [1.29, 1.82) is 0 Å². The van der Waals surface area contributed by atoms with E-state index in [1.54, 1.807) is 6.92 Å². The van der Waals surface area contributed by atoms with Crippen molar-refractivity contribution in [3.63, 3.8) is 0 Å². The van der Waals surface area contributed by atoms with Crippen LogP contribution in [-0.2, 0) is 30.7 Å². The maximum atomic E-state index is 12.9. The van der Waals surface area contributed by atoms with Crippen molar-refractivity contribution < 1.29 is 14.1 Å². The number of fused-ring (bicyclic) bond motifs is 1. The minimum absolute atomic E-state index is 0.0453. The fourth-order valence-corrected chi connectivity index (χ4v) is 3.96. The number of hydrogen-bond acceptors (Lipinski definition) is 5. The lowest BCUT2D eigenvalue weighted by molar-refractivity contribution is -0.120. The number of rotatable bonds is 6. The third-order valence-corrected chi connectivity index (χ3v) is 5.12. The van der Waals surface area contributed by atoms with Gasteiger partial charge in [-0.1, -0.05) is 25.9 Å². The Labute approximate surface area is 159 Å². The van der Waals surface area contributed by atoms with E-state index in [-0.39, 0.29) is 30.1 Å². The first-order valence-corrected chi connectivity index (χ1v) is 9.51. The smallest absolute Gasteiger partial charge is 0.224 e. The van der Waals surface area contributed by atoms with Crippen LogP contribution in [0.1, 0.15) is 72.6 Å². The third-order valence-electron chi connectivity index (χ3n) is 5.12. The van der Waals surface area contributed by atoms with Crippen molar-refractivity contribution in [2.75, 3.05) is 0 Å². The van der Waals surface area contributed by atoms with Gasteiger partial charge in [0, 0.05) is 36.8 Å². The Morgan fingerprint density at radius 1 is 1.30 bits per heavy atom. The lowest BCUT2D eigenvalue weighted by Crippen LogP contribution is -2.29. The summed E-state index contributed by atoms with van der Waals surface area (Å²) >= 11 is 0. The fraction of sp³-hybridized carbons (Fsp3) is 0.600. The minimum Gasteiger partial charge on any atom is -0.348 e. The van der Waals surface area contributed by atoms with E-state index < -0.39 is 0 Å². The van der Waals surface area contributed by atoms with Gasteiger partial charge in [-0.3, -0.25) is 9.59 Å². The van der Waals surface area contributed by atoms with Gasteiger partial charge in [0.15, 0.2) is 11.6 Å². The second kappa shape index (κ2) is 7.29. The summed E-state index contributed by atoms with van der Waals surface area (Å²) < 4.78 is 7.15. The molecule has 0 atom stereocenters. The van der Waals surface area contributed by atoms with Gasteiger partial charge in [-0.15, -0.1) is 0 Å². The van der Waals surface area contributed by atoms with Crippen LogP contribution in [0.15, 0.2) is 4.52 Å². The molecule has 0 saturated carbocycles. The Hall–Kier alpha value is -2.44. The summed E-state index contributed by atoms with van der Waals surface area (Å²) in [6, 6.07) is 0. The highest BCUT2D eigenvalue weighted by Crippen LogP contribution is 2.38. The van der Waals surface area contributed by atoms with E-state index in [1.165, 1.54) is 0 Å². The van der Waals surface area contributed by atoms with E-state index in [2.05, 4.69) is 40.8 Å². The number of ketones is 1. The predicted octanol–water partition coefficient (Wildman–Crippen LogP) is 2.91. The highest BCUT2D eigenvalue weighted by Gasteiger charge is 2.36. The van der Waals surface area contributed by atoms with Gasteiger partial charge in [0.05, 0.1) is 13.0 Å². The third kappa shape index (κ3) is 3.96. The Balaban J connectivity index is 1.84. The zero-order valence-corrected chi connectivity index (χ0v) is 16.8. The molecule has 2 heterocycles. The molecule has 0 saturated heterocycles. The largest absolute Gasteiger partial charge is 0.348 e. The van der Waals surface area contributed by atoms with Crippen LogP contribution in [-0.4, -0.2) is 26.4 Å². The number of carbonyl (C=O) groups excluding carboxylic acids is 2. The normalized spacial score (nSPS) is 15.7. The molecule has 27 heavy (non-hydrogen) atoms. The Morgan fingerprint density at radius 3 is 2.67 bits per heavy atom. The molecule has 7 nitrogen and oxygen atoms in total. The lowest BCUT2D eigenvalue weighted by Gasteiger charge is -2.30. The molecule has 0 radical (unpaired) electrons. The molecule has 0 fully saturated rings. The molecular formula is C20H28N4O3. The first-order chi connectivity index (χ1) is 12.7. The van der Waals surface area contributed by atoms with Gasteiger partial charge >= 0.3 is 0 Å². The fourth-order valence-electron chi connectivity index (χ4n) is 3.96. The van der Waals surface area contributed by atoms with Crippen molar-refractivity contribution in [1.82, 2.24) is 20.0 Å². The number of amides is 1. The molecule has 0 spiro atoms. The van der Waals surface area contributed by atoms with Crippen LogP contribution in [0.3, 0.4) is 0 Å². The average molecular weight is 372 g/mol. The molecule has 1 aliphatic rings. The summed E-state index contributed by atoms with van der Waals surface area (Å²) in [5.74, 6) is 0.917. The number of nitrogens with zero attached hydrogens (tertiary/aromatic N) is 3. The van der Waals surface area contributed by atoms with Crippen molar-refractivity contribution in [3.05, 3.63) is 34.2 Å². The molecule has 0 aliphatic heterocycles. The van der Waals surface area contributed by atoms with Crippen molar-refractivity contribution >= 4 is 11.7 Å². The second-order valence-corrected chi connectivity index (χ2v) is 8.16. The van der Waals surface area contributed by atoms with Crippen LogP contribution in [0.5, 0.6) is 0 Å². The first kappa shape index (κ1) is 19.3. The Morgan fingerprint density at radius 2 is 2.04 bits per heavy atom. The van der Waals surface area contributed by atoms with Crippen molar-refractivity contribution in [2.24, 2.45) is 5.41 Å². The second-order valence-electron chi connectivity index (χ2n) is 8.16. The molecule has 0 bridgehead atoms. The van der Waals surface area contributed by atoms with Crippen molar-refractivity contribution in [3.8, 4) is 0 Å². The van der Waals surface area contributed by atoms with Gasteiger partial charge in [0.2, 0.25) is 11.8 Å². The van der Waals surface area contributed by atoms with Crippen LogP contribution in [0.25, 0.3) is 0 Å². The molecule has 7 heteroatoms. The molecule has 3 rings (SSSR count). The summed E-state index contributed by atoms with van der Waals surface area (Å²) in [5.41, 5.74) is 3.70. The van der Waals surface area contributed by atoms with Crippen LogP contribution in [0, 0.1) is 19.3 Å². The van der Waals surface area contributed by atoms with E-state index in [0.717, 1.165) is 41.9 Å². The van der Waals surface area contributed by atoms with Crippen LogP contribution in [0.2, 0.25) is 0 Å². The summed E-state index contributed by atoms with van der Waals surface area (Å²) in [4.78, 5) is 29.5. The number of aryl methyl sites for hydroxylation is 1. The molecule has 0 aromatic carbocycles. The number of nitrogens with one attached hydrogen (secondary N) is 1. The van der Waals surface area contributed by atoms with Gasteiger partial charge in [-0.05, 0) is 30.7 Å². The molecule has 1 amide bonds. The summed E-state index contributed by atoms with van der Waals surface area (Å²) in [6.07, 6.45) is 2.55. The molecule has 1 aliphatic carbocycles. The SMILES string of the molecule is CCCn1c(C)c(CC(=O)NCc2noc(C)n2)c2c1CC(C)(C)CC2=O. The van der Waals surface area contributed by atoms with E-state index in [0.29, 0.717) is 18.1 Å². The number of aromatic nitrogens is 3. The van der Waals surface area contributed by atoms with E-state index in [9.17, 15) is 9.59 Å². The first-order valence-electron chi connectivity index (χ1n) is 9.51. The summed E-state index contributed by atoms with van der Waals surface area (Å²) in [6.45, 7) is 11.2. The maximum absolute atomic E-state index is 12.9. The lowest BCUT2D eigenvalue weighted by atomic mass is 9.75. The highest BCUT2D eigenvalue weighted by atomic mass is 16.5. The molecule has 2 aromatic rings. The molecule has 0 unspecified atom stereocenters. The minimum atomic E-state index is -0.144. The summed E-state index contributed by atoms with van der Waals surface area (Å²) in [5, 5.41) is 6.60. The van der Waals surface area contributed by atoms with E-state index in [4.69, 9.17) is 4.52 Å². The Bertz CT molecular complexity index is 876. The summed E-state index contributed by atoms with van der Waals surface area (Å²) in [7, 11) is 0. The molecular weight excluding hydrogens is 344 g/mol. The van der Waals surface area contributed by atoms with Crippen LogP contribution < -0.4 is 5.32 Å². The van der Waals surface area contributed by atoms with E-state index >= 15 is 0 Å². The topological polar surface area (TPSA) is 90.0 Å². The number of hydrogen-bond donors (Lipinski definition) is 1. The number of carbonyl (C=O) groups is 2. The molecule has 2 aromatic heterocycles. The highest BCUT2D eigenvalue weighted by molar-refractivity contribution is 6.01. The van der Waals surface area contributed by atoms with Crippen LogP contribution in [0.4, 0.5) is 0 Å². The van der Waals surface area contributed by atoms with Crippen molar-refractivity contribution in [2.45, 2.75) is 73.4 Å².